The van der Waals surface area contributed by atoms with Crippen molar-refractivity contribution in [1.29, 1.82) is 0 Å². The predicted octanol–water partition coefficient (Wildman–Crippen LogP) is 5.33. The SMILES string of the molecule is CCCCCNC(=O)c1cccc(CSc2nc(Cl)cc(N3CCCCC3)n2)c1. The Morgan fingerprint density at radius 2 is 2.00 bits per heavy atom. The van der Waals surface area contributed by atoms with Crippen molar-refractivity contribution in [2.24, 2.45) is 0 Å². The normalized spacial score (nSPS) is 14.1. The molecule has 7 heteroatoms. The predicted molar refractivity (Wildman–Crippen MR) is 121 cm³/mol. The number of anilines is 1. The summed E-state index contributed by atoms with van der Waals surface area (Å²) in [5.74, 6) is 1.59. The Kier molecular flexibility index (Phi) is 8.62. The molecule has 1 N–H and O–H groups in total. The van der Waals surface area contributed by atoms with Crippen LogP contribution in [0.1, 0.15) is 61.4 Å². The van der Waals surface area contributed by atoms with E-state index in [0.717, 1.165) is 50.3 Å². The molecule has 29 heavy (non-hydrogen) atoms. The van der Waals surface area contributed by atoms with Crippen molar-refractivity contribution < 1.29 is 4.79 Å². The molecule has 0 unspecified atom stereocenters. The van der Waals surface area contributed by atoms with Crippen LogP contribution >= 0.6 is 23.4 Å². The first-order chi connectivity index (χ1) is 14.2. The molecule has 1 fully saturated rings. The topological polar surface area (TPSA) is 58.1 Å². The van der Waals surface area contributed by atoms with E-state index in [1.807, 2.05) is 30.3 Å². The van der Waals surface area contributed by atoms with Crippen LogP contribution in [0.25, 0.3) is 0 Å². The summed E-state index contributed by atoms with van der Waals surface area (Å²) in [4.78, 5) is 23.7. The molecule has 0 radical (unpaired) electrons. The van der Waals surface area contributed by atoms with Gasteiger partial charge in [-0.25, -0.2) is 9.97 Å². The maximum atomic E-state index is 12.3. The minimum atomic E-state index is -0.0145. The fraction of sp³-hybridized carbons (Fsp3) is 0.500. The Balaban J connectivity index is 1.59. The van der Waals surface area contributed by atoms with Gasteiger partial charge in [-0.05, 0) is 43.4 Å². The Morgan fingerprint density at radius 3 is 2.79 bits per heavy atom. The summed E-state index contributed by atoms with van der Waals surface area (Å²) in [6.07, 6.45) is 6.96. The molecule has 0 saturated carbocycles. The van der Waals surface area contributed by atoms with Gasteiger partial charge in [0.05, 0.1) is 0 Å². The third-order valence-electron chi connectivity index (χ3n) is 4.96. The molecule has 1 saturated heterocycles. The highest BCUT2D eigenvalue weighted by Crippen LogP contribution is 2.26. The number of nitrogens with zero attached hydrogens (tertiary/aromatic N) is 3. The second kappa shape index (κ2) is 11.4. The number of unbranched alkanes of at least 4 members (excludes halogenated alkanes) is 2. The van der Waals surface area contributed by atoms with Crippen molar-refractivity contribution in [3.05, 3.63) is 46.6 Å². The second-order valence-electron chi connectivity index (χ2n) is 7.33. The van der Waals surface area contributed by atoms with Gasteiger partial charge in [0.25, 0.3) is 5.91 Å². The average Bonchev–Trinajstić information content (AvgIpc) is 2.75. The van der Waals surface area contributed by atoms with Gasteiger partial charge in [0.1, 0.15) is 11.0 Å². The lowest BCUT2D eigenvalue weighted by molar-refractivity contribution is 0.0953. The summed E-state index contributed by atoms with van der Waals surface area (Å²) >= 11 is 7.79. The number of benzene rings is 1. The van der Waals surface area contributed by atoms with E-state index in [0.29, 0.717) is 21.6 Å². The number of nitrogens with one attached hydrogen (secondary N) is 1. The number of amides is 1. The zero-order chi connectivity index (χ0) is 20.5. The van der Waals surface area contributed by atoms with E-state index in [9.17, 15) is 4.79 Å². The van der Waals surface area contributed by atoms with E-state index in [1.54, 1.807) is 11.8 Å². The molecule has 156 valence electrons. The molecule has 0 spiro atoms. The molecule has 1 amide bonds. The largest absolute Gasteiger partial charge is 0.356 e. The molecule has 1 aliphatic rings. The number of piperidine rings is 1. The van der Waals surface area contributed by atoms with Crippen LogP contribution in [0.4, 0.5) is 5.82 Å². The molecule has 5 nitrogen and oxygen atoms in total. The average molecular weight is 433 g/mol. The molecule has 1 aromatic carbocycles. The van der Waals surface area contributed by atoms with Crippen LogP contribution < -0.4 is 10.2 Å². The summed E-state index contributed by atoms with van der Waals surface area (Å²) in [6, 6.07) is 9.60. The first-order valence-corrected chi connectivity index (χ1v) is 11.8. The van der Waals surface area contributed by atoms with E-state index in [-0.39, 0.29) is 5.91 Å². The number of aromatic nitrogens is 2. The van der Waals surface area contributed by atoms with E-state index >= 15 is 0 Å². The van der Waals surface area contributed by atoms with Crippen molar-refractivity contribution in [3.63, 3.8) is 0 Å². The van der Waals surface area contributed by atoms with Gasteiger partial charge in [0, 0.05) is 37.0 Å². The van der Waals surface area contributed by atoms with E-state index in [1.165, 1.54) is 19.3 Å². The monoisotopic (exact) mass is 432 g/mol. The van der Waals surface area contributed by atoms with Crippen molar-refractivity contribution >= 4 is 35.1 Å². The zero-order valence-electron chi connectivity index (χ0n) is 17.0. The van der Waals surface area contributed by atoms with Crippen LogP contribution in [-0.4, -0.2) is 35.5 Å². The van der Waals surface area contributed by atoms with Gasteiger partial charge in [-0.2, -0.15) is 0 Å². The van der Waals surface area contributed by atoms with Gasteiger partial charge in [-0.15, -0.1) is 0 Å². The van der Waals surface area contributed by atoms with Crippen LogP contribution in [0.3, 0.4) is 0 Å². The molecule has 1 aromatic heterocycles. The van der Waals surface area contributed by atoms with Gasteiger partial charge >= 0.3 is 0 Å². The smallest absolute Gasteiger partial charge is 0.251 e. The Labute approximate surface area is 182 Å². The van der Waals surface area contributed by atoms with Crippen LogP contribution in [0.15, 0.2) is 35.5 Å². The molecular weight excluding hydrogens is 404 g/mol. The Hall–Kier alpha value is -1.79. The van der Waals surface area contributed by atoms with E-state index in [4.69, 9.17) is 16.6 Å². The molecule has 1 aliphatic heterocycles. The standard InChI is InChI=1S/C22H29ClN4OS/c1-2-3-5-11-24-21(28)18-10-8-9-17(14-18)16-29-22-25-19(23)15-20(26-22)27-12-6-4-7-13-27/h8-10,14-15H,2-7,11-13,16H2,1H3,(H,24,28). The molecule has 0 atom stereocenters. The third kappa shape index (κ3) is 6.89. The molecule has 2 heterocycles. The number of rotatable bonds is 9. The fourth-order valence-electron chi connectivity index (χ4n) is 3.36. The van der Waals surface area contributed by atoms with Crippen LogP contribution in [0.5, 0.6) is 0 Å². The molecule has 3 rings (SSSR count). The Bertz CT molecular complexity index is 811. The summed E-state index contributed by atoms with van der Waals surface area (Å²) in [5.41, 5.74) is 1.76. The maximum Gasteiger partial charge on any atom is 0.251 e. The quantitative estimate of drug-likeness (QED) is 0.251. The molecule has 0 aliphatic carbocycles. The lowest BCUT2D eigenvalue weighted by Gasteiger charge is -2.27. The number of carbonyl (C=O) groups excluding carboxylic acids is 1. The Morgan fingerprint density at radius 1 is 1.17 bits per heavy atom. The van der Waals surface area contributed by atoms with Crippen molar-refractivity contribution in [2.75, 3.05) is 24.5 Å². The maximum absolute atomic E-state index is 12.3. The molecular formula is C22H29ClN4OS. The van der Waals surface area contributed by atoms with Crippen molar-refractivity contribution in [3.8, 4) is 0 Å². The fourth-order valence-corrected chi connectivity index (χ4v) is 4.39. The number of hydrogen-bond acceptors (Lipinski definition) is 5. The van der Waals surface area contributed by atoms with Crippen LogP contribution in [-0.2, 0) is 5.75 Å². The third-order valence-corrected chi connectivity index (χ3v) is 6.08. The first-order valence-electron chi connectivity index (χ1n) is 10.4. The summed E-state index contributed by atoms with van der Waals surface area (Å²) in [7, 11) is 0. The highest BCUT2D eigenvalue weighted by Gasteiger charge is 2.15. The number of halogens is 1. The number of thioether (sulfide) groups is 1. The minimum Gasteiger partial charge on any atom is -0.356 e. The molecule has 2 aromatic rings. The lowest BCUT2D eigenvalue weighted by atomic mass is 10.1. The highest BCUT2D eigenvalue weighted by atomic mass is 35.5. The second-order valence-corrected chi connectivity index (χ2v) is 8.66. The summed E-state index contributed by atoms with van der Waals surface area (Å²) < 4.78 is 0. The minimum absolute atomic E-state index is 0.0145. The summed E-state index contributed by atoms with van der Waals surface area (Å²) in [6.45, 7) is 4.92. The highest BCUT2D eigenvalue weighted by molar-refractivity contribution is 7.98. The molecule has 0 bridgehead atoms. The van der Waals surface area contributed by atoms with E-state index < -0.39 is 0 Å². The van der Waals surface area contributed by atoms with Crippen LogP contribution in [0.2, 0.25) is 5.15 Å². The first kappa shape index (κ1) is 21.9. The van der Waals surface area contributed by atoms with E-state index in [2.05, 4.69) is 22.1 Å². The van der Waals surface area contributed by atoms with Gasteiger partial charge < -0.3 is 10.2 Å². The zero-order valence-corrected chi connectivity index (χ0v) is 18.6. The lowest BCUT2D eigenvalue weighted by Crippen LogP contribution is -2.30. The van der Waals surface area contributed by atoms with Gasteiger partial charge in [0.2, 0.25) is 0 Å². The number of hydrogen-bond donors (Lipinski definition) is 1. The van der Waals surface area contributed by atoms with Gasteiger partial charge in [-0.3, -0.25) is 4.79 Å². The number of carbonyl (C=O) groups is 1. The van der Waals surface area contributed by atoms with Gasteiger partial charge in [0.15, 0.2) is 5.16 Å². The van der Waals surface area contributed by atoms with Crippen molar-refractivity contribution in [2.45, 2.75) is 56.4 Å². The van der Waals surface area contributed by atoms with Gasteiger partial charge in [-0.1, -0.05) is 55.3 Å². The van der Waals surface area contributed by atoms with Crippen LogP contribution in [0, 0.1) is 0 Å². The summed E-state index contributed by atoms with van der Waals surface area (Å²) in [5, 5.41) is 4.14. The van der Waals surface area contributed by atoms with Crippen molar-refractivity contribution in [1.82, 2.24) is 15.3 Å².